The third-order valence-corrected chi connectivity index (χ3v) is 4.62. The van der Waals surface area contributed by atoms with E-state index in [2.05, 4.69) is 45.8 Å². The van der Waals surface area contributed by atoms with Gasteiger partial charge in [0.25, 0.3) is 0 Å². The van der Waals surface area contributed by atoms with E-state index in [0.29, 0.717) is 12.5 Å². The molecule has 0 radical (unpaired) electrons. The SMILES string of the molecule is CCn1cnnc1CNCc1c(C(C)C)nn(C)c1N1CCOCC1. The Hall–Kier alpha value is -1.93. The van der Waals surface area contributed by atoms with E-state index in [9.17, 15) is 0 Å². The Kier molecular flexibility index (Phi) is 5.70. The smallest absolute Gasteiger partial charge is 0.146 e. The van der Waals surface area contributed by atoms with Crippen molar-refractivity contribution in [2.24, 2.45) is 7.05 Å². The average Bonchev–Trinajstić information content (AvgIpc) is 3.20. The van der Waals surface area contributed by atoms with Crippen LogP contribution in [0.4, 0.5) is 5.82 Å². The van der Waals surface area contributed by atoms with E-state index < -0.39 is 0 Å². The molecule has 1 aliphatic rings. The highest BCUT2D eigenvalue weighted by molar-refractivity contribution is 5.51. The molecular formula is C17H29N7O. The van der Waals surface area contributed by atoms with Gasteiger partial charge in [0.2, 0.25) is 0 Å². The summed E-state index contributed by atoms with van der Waals surface area (Å²) in [5.74, 6) is 2.55. The predicted octanol–water partition coefficient (Wildman–Crippen LogP) is 1.28. The summed E-state index contributed by atoms with van der Waals surface area (Å²) in [5.41, 5.74) is 2.44. The third kappa shape index (κ3) is 3.85. The van der Waals surface area contributed by atoms with Crippen LogP contribution in [0, 0.1) is 0 Å². The summed E-state index contributed by atoms with van der Waals surface area (Å²) < 4.78 is 9.58. The van der Waals surface area contributed by atoms with Gasteiger partial charge in [-0.2, -0.15) is 5.10 Å². The fourth-order valence-electron chi connectivity index (χ4n) is 3.36. The molecule has 0 atom stereocenters. The van der Waals surface area contributed by atoms with Crippen molar-refractivity contribution in [1.29, 1.82) is 0 Å². The molecule has 1 N–H and O–H groups in total. The minimum atomic E-state index is 0.386. The van der Waals surface area contributed by atoms with Crippen molar-refractivity contribution < 1.29 is 4.74 Å². The lowest BCUT2D eigenvalue weighted by atomic mass is 10.0. The van der Waals surface area contributed by atoms with Gasteiger partial charge in [0.1, 0.15) is 18.0 Å². The molecule has 1 fully saturated rings. The minimum absolute atomic E-state index is 0.386. The molecule has 0 spiro atoms. The average molecular weight is 347 g/mol. The molecule has 0 amide bonds. The quantitative estimate of drug-likeness (QED) is 0.813. The van der Waals surface area contributed by atoms with Crippen molar-refractivity contribution >= 4 is 5.82 Å². The maximum absolute atomic E-state index is 5.51. The van der Waals surface area contributed by atoms with Crippen LogP contribution in [0.2, 0.25) is 0 Å². The second-order valence-electron chi connectivity index (χ2n) is 6.70. The number of anilines is 1. The van der Waals surface area contributed by atoms with Gasteiger partial charge in [0, 0.05) is 38.8 Å². The number of hydrogen-bond acceptors (Lipinski definition) is 6. The monoisotopic (exact) mass is 347 g/mol. The molecule has 138 valence electrons. The van der Waals surface area contributed by atoms with Crippen LogP contribution in [0.3, 0.4) is 0 Å². The second kappa shape index (κ2) is 7.97. The molecule has 3 heterocycles. The molecule has 2 aromatic heterocycles. The summed E-state index contributed by atoms with van der Waals surface area (Å²) >= 11 is 0. The lowest BCUT2D eigenvalue weighted by Crippen LogP contribution is -2.38. The standard InChI is InChI=1S/C17H29N7O/c1-5-23-12-19-20-15(23)11-18-10-14-16(13(2)3)21-22(4)17(14)24-6-8-25-9-7-24/h12-13,18H,5-11H2,1-4H3. The number of hydrogen-bond donors (Lipinski definition) is 1. The van der Waals surface area contributed by atoms with Gasteiger partial charge in [-0.05, 0) is 12.8 Å². The molecule has 2 aromatic rings. The van der Waals surface area contributed by atoms with Crippen LogP contribution in [-0.4, -0.2) is 50.8 Å². The number of aromatic nitrogens is 5. The van der Waals surface area contributed by atoms with E-state index in [4.69, 9.17) is 9.84 Å². The van der Waals surface area contributed by atoms with Crippen molar-refractivity contribution in [3.8, 4) is 0 Å². The highest BCUT2D eigenvalue weighted by Gasteiger charge is 2.24. The molecule has 8 nitrogen and oxygen atoms in total. The lowest BCUT2D eigenvalue weighted by Gasteiger charge is -2.29. The molecule has 0 saturated carbocycles. The fourth-order valence-corrected chi connectivity index (χ4v) is 3.36. The number of rotatable bonds is 7. The van der Waals surface area contributed by atoms with E-state index in [1.54, 1.807) is 6.33 Å². The Morgan fingerprint density at radius 1 is 1.24 bits per heavy atom. The first-order valence-electron chi connectivity index (χ1n) is 9.07. The summed E-state index contributed by atoms with van der Waals surface area (Å²) in [6.45, 7) is 12.2. The van der Waals surface area contributed by atoms with Crippen LogP contribution in [0.1, 0.15) is 43.8 Å². The Labute approximate surface area is 149 Å². The van der Waals surface area contributed by atoms with Gasteiger partial charge in [0.15, 0.2) is 0 Å². The highest BCUT2D eigenvalue weighted by Crippen LogP contribution is 2.29. The summed E-state index contributed by atoms with van der Waals surface area (Å²) in [5, 5.41) is 16.5. The molecule has 0 aliphatic carbocycles. The largest absolute Gasteiger partial charge is 0.378 e. The molecular weight excluding hydrogens is 318 g/mol. The highest BCUT2D eigenvalue weighted by atomic mass is 16.5. The zero-order valence-corrected chi connectivity index (χ0v) is 15.7. The topological polar surface area (TPSA) is 73.0 Å². The minimum Gasteiger partial charge on any atom is -0.378 e. The summed E-state index contributed by atoms with van der Waals surface area (Å²) in [4.78, 5) is 2.38. The van der Waals surface area contributed by atoms with Gasteiger partial charge in [-0.3, -0.25) is 4.68 Å². The van der Waals surface area contributed by atoms with Crippen molar-refractivity contribution in [3.63, 3.8) is 0 Å². The van der Waals surface area contributed by atoms with Gasteiger partial charge >= 0.3 is 0 Å². The van der Waals surface area contributed by atoms with Gasteiger partial charge in [-0.15, -0.1) is 10.2 Å². The molecule has 1 aliphatic heterocycles. The second-order valence-corrected chi connectivity index (χ2v) is 6.70. The van der Waals surface area contributed by atoms with Crippen molar-refractivity contribution in [3.05, 3.63) is 23.4 Å². The first-order valence-corrected chi connectivity index (χ1v) is 9.07. The van der Waals surface area contributed by atoms with Crippen molar-refractivity contribution in [2.45, 2.75) is 46.3 Å². The van der Waals surface area contributed by atoms with Crippen LogP contribution in [0.15, 0.2) is 6.33 Å². The van der Waals surface area contributed by atoms with E-state index >= 15 is 0 Å². The number of nitrogens with one attached hydrogen (secondary N) is 1. The van der Waals surface area contributed by atoms with E-state index in [1.807, 2.05) is 11.7 Å². The summed E-state index contributed by atoms with van der Waals surface area (Å²) in [6, 6.07) is 0. The third-order valence-electron chi connectivity index (χ3n) is 4.62. The Bertz CT molecular complexity index is 685. The van der Waals surface area contributed by atoms with E-state index in [0.717, 1.165) is 50.9 Å². The summed E-state index contributed by atoms with van der Waals surface area (Å²) in [7, 11) is 2.04. The first kappa shape index (κ1) is 17.9. The molecule has 3 rings (SSSR count). The molecule has 0 unspecified atom stereocenters. The predicted molar refractivity (Wildman–Crippen MR) is 96.6 cm³/mol. The zero-order chi connectivity index (χ0) is 17.8. The zero-order valence-electron chi connectivity index (χ0n) is 15.7. The van der Waals surface area contributed by atoms with Gasteiger partial charge < -0.3 is 19.5 Å². The van der Waals surface area contributed by atoms with Crippen molar-refractivity contribution in [1.82, 2.24) is 29.9 Å². The van der Waals surface area contributed by atoms with Gasteiger partial charge in [0.05, 0.1) is 25.5 Å². The van der Waals surface area contributed by atoms with Gasteiger partial charge in [-0.25, -0.2) is 0 Å². The number of ether oxygens (including phenoxy) is 1. The van der Waals surface area contributed by atoms with Crippen LogP contribution in [0.5, 0.6) is 0 Å². The van der Waals surface area contributed by atoms with Gasteiger partial charge in [-0.1, -0.05) is 13.8 Å². The van der Waals surface area contributed by atoms with Crippen LogP contribution < -0.4 is 10.2 Å². The fraction of sp³-hybridized carbons (Fsp3) is 0.706. The number of nitrogens with zero attached hydrogens (tertiary/aromatic N) is 6. The number of aryl methyl sites for hydroxylation is 2. The molecule has 1 saturated heterocycles. The molecule has 0 aromatic carbocycles. The normalized spacial score (nSPS) is 15.3. The maximum Gasteiger partial charge on any atom is 0.146 e. The lowest BCUT2D eigenvalue weighted by molar-refractivity contribution is 0.122. The molecule has 25 heavy (non-hydrogen) atoms. The molecule has 8 heteroatoms. The Morgan fingerprint density at radius 2 is 2.00 bits per heavy atom. The van der Waals surface area contributed by atoms with Crippen LogP contribution >= 0.6 is 0 Å². The number of morpholine rings is 1. The van der Waals surface area contributed by atoms with Crippen LogP contribution in [0.25, 0.3) is 0 Å². The maximum atomic E-state index is 5.51. The van der Waals surface area contributed by atoms with Crippen molar-refractivity contribution in [2.75, 3.05) is 31.2 Å². The van der Waals surface area contributed by atoms with E-state index in [1.165, 1.54) is 11.4 Å². The molecule has 0 bridgehead atoms. The Balaban J connectivity index is 1.78. The summed E-state index contributed by atoms with van der Waals surface area (Å²) in [6.07, 6.45) is 1.78. The van der Waals surface area contributed by atoms with E-state index in [-0.39, 0.29) is 0 Å². The Morgan fingerprint density at radius 3 is 2.68 bits per heavy atom. The van der Waals surface area contributed by atoms with Crippen LogP contribution in [-0.2, 0) is 31.4 Å². The first-order chi connectivity index (χ1) is 12.1.